The average Bonchev–Trinajstić information content (AvgIpc) is 2.66. The lowest BCUT2D eigenvalue weighted by atomic mass is 10.2. The van der Waals surface area contributed by atoms with Crippen LogP contribution in [0.25, 0.3) is 11.0 Å². The van der Waals surface area contributed by atoms with Crippen LogP contribution in [0, 0.1) is 6.92 Å². The molecule has 4 heteroatoms. The molecule has 0 fully saturated rings. The fraction of sp³-hybridized carbons (Fsp3) is 0.533. The summed E-state index contributed by atoms with van der Waals surface area (Å²) in [5.74, 6) is 1.11. The van der Waals surface area contributed by atoms with Gasteiger partial charge in [-0.1, -0.05) is 6.07 Å². The fourth-order valence-corrected chi connectivity index (χ4v) is 2.40. The van der Waals surface area contributed by atoms with Crippen LogP contribution >= 0.6 is 0 Å². The summed E-state index contributed by atoms with van der Waals surface area (Å²) in [6.07, 6.45) is 1.97. The molecular weight excluding hydrogens is 236 g/mol. The van der Waals surface area contributed by atoms with Gasteiger partial charge >= 0.3 is 0 Å². The largest absolute Gasteiger partial charge is 0.330 e. The molecule has 0 saturated heterocycles. The molecule has 104 valence electrons. The first-order valence-electron chi connectivity index (χ1n) is 6.92. The molecule has 0 atom stereocenters. The van der Waals surface area contributed by atoms with E-state index in [1.165, 1.54) is 11.1 Å². The summed E-state index contributed by atoms with van der Waals surface area (Å²) >= 11 is 0. The first kappa shape index (κ1) is 14.0. The molecule has 0 aliphatic rings. The molecule has 1 heterocycles. The second kappa shape index (κ2) is 6.17. The predicted octanol–water partition coefficient (Wildman–Crippen LogP) is 1.80. The van der Waals surface area contributed by atoms with E-state index >= 15 is 0 Å². The average molecular weight is 260 g/mol. The Kier molecular flexibility index (Phi) is 4.56. The van der Waals surface area contributed by atoms with Gasteiger partial charge in [0.15, 0.2) is 0 Å². The minimum absolute atomic E-state index is 0.649. The lowest BCUT2D eigenvalue weighted by Crippen LogP contribution is -2.16. The highest BCUT2D eigenvalue weighted by Crippen LogP contribution is 2.18. The molecule has 0 aliphatic heterocycles. The molecule has 0 saturated carbocycles. The van der Waals surface area contributed by atoms with E-state index in [1.807, 2.05) is 0 Å². The van der Waals surface area contributed by atoms with Crippen LogP contribution in [0.5, 0.6) is 0 Å². The highest BCUT2D eigenvalue weighted by atomic mass is 15.1. The van der Waals surface area contributed by atoms with Crippen LogP contribution in [0.2, 0.25) is 0 Å². The molecule has 2 N–H and O–H groups in total. The molecule has 0 amide bonds. The highest BCUT2D eigenvalue weighted by molar-refractivity contribution is 5.76. The van der Waals surface area contributed by atoms with Crippen molar-refractivity contribution in [3.05, 3.63) is 29.6 Å². The highest BCUT2D eigenvalue weighted by Gasteiger charge is 2.10. The maximum atomic E-state index is 5.70. The van der Waals surface area contributed by atoms with E-state index in [2.05, 4.69) is 48.7 Å². The number of hydrogen-bond acceptors (Lipinski definition) is 3. The number of nitrogens with zero attached hydrogens (tertiary/aromatic N) is 3. The van der Waals surface area contributed by atoms with Gasteiger partial charge in [0.2, 0.25) is 0 Å². The SMILES string of the molecule is Cc1ccc2c(c1)nc(CCN)n2CCCN(C)C. The molecule has 2 aromatic rings. The lowest BCUT2D eigenvalue weighted by molar-refractivity contribution is 0.386. The van der Waals surface area contributed by atoms with Gasteiger partial charge in [0.1, 0.15) is 5.82 Å². The third-order valence-corrected chi connectivity index (χ3v) is 3.34. The second-order valence-corrected chi connectivity index (χ2v) is 5.37. The zero-order valence-electron chi connectivity index (χ0n) is 12.2. The maximum Gasteiger partial charge on any atom is 0.111 e. The van der Waals surface area contributed by atoms with Crippen molar-refractivity contribution in [1.29, 1.82) is 0 Å². The Balaban J connectivity index is 2.29. The molecule has 2 rings (SSSR count). The van der Waals surface area contributed by atoms with E-state index in [0.717, 1.165) is 37.3 Å². The van der Waals surface area contributed by atoms with E-state index < -0.39 is 0 Å². The first-order chi connectivity index (χ1) is 9.11. The summed E-state index contributed by atoms with van der Waals surface area (Å²) in [5.41, 5.74) is 9.27. The van der Waals surface area contributed by atoms with Crippen molar-refractivity contribution in [3.63, 3.8) is 0 Å². The number of aromatic nitrogens is 2. The molecule has 0 bridgehead atoms. The lowest BCUT2D eigenvalue weighted by Gasteiger charge is -2.12. The molecule has 4 nitrogen and oxygen atoms in total. The molecule has 0 unspecified atom stereocenters. The van der Waals surface area contributed by atoms with Gasteiger partial charge in [-0.25, -0.2) is 4.98 Å². The first-order valence-corrected chi connectivity index (χ1v) is 6.92. The van der Waals surface area contributed by atoms with Crippen molar-refractivity contribution in [1.82, 2.24) is 14.5 Å². The number of hydrogen-bond donors (Lipinski definition) is 1. The quantitative estimate of drug-likeness (QED) is 0.861. The number of rotatable bonds is 6. The summed E-state index contributed by atoms with van der Waals surface area (Å²) < 4.78 is 2.32. The molecule has 0 aliphatic carbocycles. The van der Waals surface area contributed by atoms with Gasteiger partial charge in [0, 0.05) is 13.0 Å². The zero-order chi connectivity index (χ0) is 13.8. The van der Waals surface area contributed by atoms with Gasteiger partial charge in [0.25, 0.3) is 0 Å². The molecule has 0 radical (unpaired) electrons. The van der Waals surface area contributed by atoms with Crippen LogP contribution in [0.15, 0.2) is 18.2 Å². The Morgan fingerprint density at radius 1 is 1.32 bits per heavy atom. The second-order valence-electron chi connectivity index (χ2n) is 5.37. The van der Waals surface area contributed by atoms with Crippen molar-refractivity contribution >= 4 is 11.0 Å². The minimum Gasteiger partial charge on any atom is -0.330 e. The normalized spacial score (nSPS) is 11.6. The van der Waals surface area contributed by atoms with Crippen molar-refractivity contribution in [2.24, 2.45) is 5.73 Å². The van der Waals surface area contributed by atoms with Crippen molar-refractivity contribution in [2.75, 3.05) is 27.2 Å². The van der Waals surface area contributed by atoms with Crippen LogP contribution in [0.3, 0.4) is 0 Å². The van der Waals surface area contributed by atoms with Crippen molar-refractivity contribution < 1.29 is 0 Å². The topological polar surface area (TPSA) is 47.1 Å². The molecule has 0 spiro atoms. The summed E-state index contributed by atoms with van der Waals surface area (Å²) in [4.78, 5) is 6.94. The zero-order valence-corrected chi connectivity index (χ0v) is 12.2. The van der Waals surface area contributed by atoms with E-state index in [-0.39, 0.29) is 0 Å². The van der Waals surface area contributed by atoms with Gasteiger partial charge in [-0.15, -0.1) is 0 Å². The minimum atomic E-state index is 0.649. The number of nitrogens with two attached hydrogens (primary N) is 1. The molecule has 1 aromatic heterocycles. The van der Waals surface area contributed by atoms with Gasteiger partial charge in [-0.05, 0) is 58.2 Å². The van der Waals surface area contributed by atoms with E-state index in [9.17, 15) is 0 Å². The number of fused-ring (bicyclic) bond motifs is 1. The number of aryl methyl sites for hydroxylation is 2. The van der Waals surface area contributed by atoms with Crippen molar-refractivity contribution in [3.8, 4) is 0 Å². The van der Waals surface area contributed by atoms with E-state index in [4.69, 9.17) is 10.7 Å². The Bertz CT molecular complexity index is 542. The van der Waals surface area contributed by atoms with Crippen LogP contribution < -0.4 is 5.73 Å². The summed E-state index contributed by atoms with van der Waals surface area (Å²) in [7, 11) is 4.21. The molecule has 19 heavy (non-hydrogen) atoms. The Hall–Kier alpha value is -1.39. The molecule has 1 aromatic carbocycles. The van der Waals surface area contributed by atoms with Gasteiger partial charge in [-0.2, -0.15) is 0 Å². The van der Waals surface area contributed by atoms with Crippen LogP contribution in [-0.4, -0.2) is 41.6 Å². The summed E-state index contributed by atoms with van der Waals surface area (Å²) in [6, 6.07) is 6.48. The fourth-order valence-electron chi connectivity index (χ4n) is 2.40. The van der Waals surface area contributed by atoms with Crippen LogP contribution in [0.1, 0.15) is 17.8 Å². The standard InChI is InChI=1S/C15H24N4/c1-12-5-6-14-13(11-12)17-15(7-8-16)19(14)10-4-9-18(2)3/h5-6,11H,4,7-10,16H2,1-3H3. The molecular formula is C15H24N4. The van der Waals surface area contributed by atoms with E-state index in [1.54, 1.807) is 0 Å². The predicted molar refractivity (Wildman–Crippen MR) is 80.4 cm³/mol. The third kappa shape index (κ3) is 3.33. The van der Waals surface area contributed by atoms with Gasteiger partial charge in [0.05, 0.1) is 11.0 Å². The van der Waals surface area contributed by atoms with Crippen LogP contribution in [0.4, 0.5) is 0 Å². The van der Waals surface area contributed by atoms with Gasteiger partial charge in [-0.3, -0.25) is 0 Å². The summed E-state index contributed by atoms with van der Waals surface area (Å²) in [5, 5.41) is 0. The third-order valence-electron chi connectivity index (χ3n) is 3.34. The Morgan fingerprint density at radius 3 is 2.79 bits per heavy atom. The number of benzene rings is 1. The maximum absolute atomic E-state index is 5.70. The monoisotopic (exact) mass is 260 g/mol. The number of imidazole rings is 1. The van der Waals surface area contributed by atoms with E-state index in [0.29, 0.717) is 6.54 Å². The van der Waals surface area contributed by atoms with Gasteiger partial charge < -0.3 is 15.2 Å². The smallest absolute Gasteiger partial charge is 0.111 e. The Morgan fingerprint density at radius 2 is 2.11 bits per heavy atom. The van der Waals surface area contributed by atoms with Crippen molar-refractivity contribution in [2.45, 2.75) is 26.3 Å². The Labute approximate surface area is 115 Å². The van der Waals surface area contributed by atoms with Crippen LogP contribution in [-0.2, 0) is 13.0 Å². The summed E-state index contributed by atoms with van der Waals surface area (Å²) in [6.45, 7) is 4.85.